The van der Waals surface area contributed by atoms with Gasteiger partial charge in [-0.15, -0.1) is 0 Å². The van der Waals surface area contributed by atoms with E-state index in [1.165, 1.54) is 12.1 Å². The molecule has 1 aromatic heterocycles. The number of aryl methyl sites for hydroxylation is 1. The van der Waals surface area contributed by atoms with Crippen LogP contribution in [0.3, 0.4) is 0 Å². The summed E-state index contributed by atoms with van der Waals surface area (Å²) in [6.07, 6.45) is 4.07. The lowest BCUT2D eigenvalue weighted by molar-refractivity contribution is 0.268. The van der Waals surface area contributed by atoms with Gasteiger partial charge in [0.25, 0.3) is 0 Å². The first kappa shape index (κ1) is 11.9. The topological polar surface area (TPSA) is 29.9 Å². The first-order valence-electron chi connectivity index (χ1n) is 6.13. The van der Waals surface area contributed by atoms with Crippen LogP contribution in [0.15, 0.2) is 6.20 Å². The van der Waals surface area contributed by atoms with Crippen molar-refractivity contribution >= 4 is 11.6 Å². The van der Waals surface area contributed by atoms with E-state index in [-0.39, 0.29) is 0 Å². The van der Waals surface area contributed by atoms with Gasteiger partial charge in [-0.2, -0.15) is 5.10 Å². The summed E-state index contributed by atoms with van der Waals surface area (Å²) in [4.78, 5) is 0. The average Bonchev–Trinajstić information content (AvgIpc) is 2.63. The van der Waals surface area contributed by atoms with Gasteiger partial charge in [0.1, 0.15) is 0 Å². The van der Waals surface area contributed by atoms with Gasteiger partial charge in [-0.05, 0) is 44.7 Å². The predicted octanol–water partition coefficient (Wildman–Crippen LogP) is 2.34. The molecule has 1 aliphatic heterocycles. The molecule has 1 aromatic rings. The van der Waals surface area contributed by atoms with E-state index in [2.05, 4.69) is 24.3 Å². The summed E-state index contributed by atoms with van der Waals surface area (Å²) in [5, 5.41) is 8.57. The Kier molecular flexibility index (Phi) is 3.87. The average molecular weight is 242 g/mol. The highest BCUT2D eigenvalue weighted by Crippen LogP contribution is 2.26. The van der Waals surface area contributed by atoms with Gasteiger partial charge in [0.2, 0.25) is 0 Å². The summed E-state index contributed by atoms with van der Waals surface area (Å²) in [5.41, 5.74) is 1.20. The number of nitrogens with zero attached hydrogens (tertiary/aromatic N) is 2. The number of aromatic nitrogens is 2. The monoisotopic (exact) mass is 241 g/mol. The van der Waals surface area contributed by atoms with Gasteiger partial charge in [-0.3, -0.25) is 4.68 Å². The number of piperidine rings is 1. The molecule has 0 bridgehead atoms. The van der Waals surface area contributed by atoms with E-state index < -0.39 is 0 Å². The van der Waals surface area contributed by atoms with Crippen LogP contribution in [-0.2, 0) is 13.0 Å². The minimum Gasteiger partial charge on any atom is -0.316 e. The Morgan fingerprint density at radius 2 is 2.44 bits per heavy atom. The van der Waals surface area contributed by atoms with Crippen molar-refractivity contribution in [3.63, 3.8) is 0 Å². The maximum Gasteiger partial charge on any atom is 0.0817 e. The molecule has 2 heterocycles. The van der Waals surface area contributed by atoms with Gasteiger partial charge in [-0.1, -0.05) is 18.5 Å². The lowest BCUT2D eigenvalue weighted by atomic mass is 9.85. The highest BCUT2D eigenvalue weighted by molar-refractivity contribution is 6.31. The molecule has 0 spiro atoms. The second-order valence-electron chi connectivity index (χ2n) is 4.69. The molecule has 1 fully saturated rings. The highest BCUT2D eigenvalue weighted by Gasteiger charge is 2.23. The summed E-state index contributed by atoms with van der Waals surface area (Å²) in [5.74, 6) is 1.46. The second kappa shape index (κ2) is 5.19. The van der Waals surface area contributed by atoms with Crippen LogP contribution < -0.4 is 5.32 Å². The minimum atomic E-state index is 0.688. The van der Waals surface area contributed by atoms with E-state index in [0.29, 0.717) is 5.92 Å². The number of halogens is 1. The van der Waals surface area contributed by atoms with Gasteiger partial charge in [0.05, 0.1) is 16.9 Å². The quantitative estimate of drug-likeness (QED) is 0.881. The number of hydrogen-bond acceptors (Lipinski definition) is 2. The van der Waals surface area contributed by atoms with E-state index in [1.807, 2.05) is 4.68 Å². The maximum absolute atomic E-state index is 6.19. The lowest BCUT2D eigenvalue weighted by Gasteiger charge is -2.29. The molecule has 0 aromatic carbocycles. The molecule has 1 saturated heterocycles. The zero-order chi connectivity index (χ0) is 11.5. The van der Waals surface area contributed by atoms with Gasteiger partial charge in [-0.25, -0.2) is 0 Å². The van der Waals surface area contributed by atoms with E-state index in [9.17, 15) is 0 Å². The summed E-state index contributed by atoms with van der Waals surface area (Å²) < 4.78 is 2.02. The molecule has 1 N–H and O–H groups in total. The summed E-state index contributed by atoms with van der Waals surface area (Å²) in [7, 11) is 0. The van der Waals surface area contributed by atoms with Crippen LogP contribution in [0.2, 0.25) is 5.02 Å². The molecule has 3 nitrogen and oxygen atoms in total. The molecule has 90 valence electrons. The van der Waals surface area contributed by atoms with E-state index in [1.54, 1.807) is 6.20 Å². The summed E-state index contributed by atoms with van der Waals surface area (Å²) in [6, 6.07) is 0. The first-order valence-corrected chi connectivity index (χ1v) is 6.51. The Morgan fingerprint density at radius 1 is 1.62 bits per heavy atom. The van der Waals surface area contributed by atoms with Gasteiger partial charge in [0, 0.05) is 6.54 Å². The Bertz CT molecular complexity index is 348. The Morgan fingerprint density at radius 3 is 3.12 bits per heavy atom. The van der Waals surface area contributed by atoms with E-state index in [0.717, 1.165) is 37.0 Å². The molecular weight excluding hydrogens is 222 g/mol. The molecule has 2 atom stereocenters. The van der Waals surface area contributed by atoms with Crippen molar-refractivity contribution in [1.29, 1.82) is 0 Å². The first-order chi connectivity index (χ1) is 7.72. The fraction of sp³-hybridized carbons (Fsp3) is 0.750. The Balaban J connectivity index is 2.09. The second-order valence-corrected chi connectivity index (χ2v) is 5.10. The Hall–Kier alpha value is -0.540. The minimum absolute atomic E-state index is 0.688. The third-order valence-electron chi connectivity index (χ3n) is 3.64. The largest absolute Gasteiger partial charge is 0.316 e. The van der Waals surface area contributed by atoms with Crippen molar-refractivity contribution in [3.05, 3.63) is 16.9 Å². The van der Waals surface area contributed by atoms with Crippen LogP contribution in [0.4, 0.5) is 0 Å². The standard InChI is InChI=1S/C12H20ClN3/c1-3-16-12(11(13)8-15-16)6-10-7-14-5-4-9(10)2/h8-10,14H,3-7H2,1-2H3. The molecule has 2 rings (SSSR count). The summed E-state index contributed by atoms with van der Waals surface area (Å²) >= 11 is 6.19. The zero-order valence-corrected chi connectivity index (χ0v) is 10.8. The van der Waals surface area contributed by atoms with Crippen molar-refractivity contribution < 1.29 is 0 Å². The van der Waals surface area contributed by atoms with E-state index >= 15 is 0 Å². The molecule has 1 aliphatic rings. The van der Waals surface area contributed by atoms with Crippen LogP contribution >= 0.6 is 11.6 Å². The van der Waals surface area contributed by atoms with Crippen LogP contribution in [0, 0.1) is 11.8 Å². The van der Waals surface area contributed by atoms with Crippen LogP contribution in [-0.4, -0.2) is 22.9 Å². The van der Waals surface area contributed by atoms with Crippen molar-refractivity contribution in [2.24, 2.45) is 11.8 Å². The third-order valence-corrected chi connectivity index (χ3v) is 3.96. The van der Waals surface area contributed by atoms with Gasteiger partial charge in [0.15, 0.2) is 0 Å². The molecule has 4 heteroatoms. The molecular formula is C12H20ClN3. The van der Waals surface area contributed by atoms with Crippen LogP contribution in [0.25, 0.3) is 0 Å². The molecule has 0 saturated carbocycles. The fourth-order valence-corrected chi connectivity index (χ4v) is 2.66. The molecule has 0 radical (unpaired) electrons. The van der Waals surface area contributed by atoms with Crippen LogP contribution in [0.1, 0.15) is 26.0 Å². The molecule has 0 amide bonds. The van der Waals surface area contributed by atoms with E-state index in [4.69, 9.17) is 11.6 Å². The maximum atomic E-state index is 6.19. The smallest absolute Gasteiger partial charge is 0.0817 e. The Labute approximate surface area is 102 Å². The van der Waals surface area contributed by atoms with Crippen molar-refractivity contribution in [2.45, 2.75) is 33.2 Å². The van der Waals surface area contributed by atoms with Crippen molar-refractivity contribution in [3.8, 4) is 0 Å². The fourth-order valence-electron chi connectivity index (χ4n) is 2.44. The SMILES string of the molecule is CCn1ncc(Cl)c1CC1CNCCC1C. The highest BCUT2D eigenvalue weighted by atomic mass is 35.5. The van der Waals surface area contributed by atoms with Crippen LogP contribution in [0.5, 0.6) is 0 Å². The third kappa shape index (κ3) is 2.41. The number of nitrogens with one attached hydrogen (secondary N) is 1. The van der Waals surface area contributed by atoms with Crippen molar-refractivity contribution in [1.82, 2.24) is 15.1 Å². The number of rotatable bonds is 3. The molecule has 0 aliphatic carbocycles. The predicted molar refractivity (Wildman–Crippen MR) is 66.8 cm³/mol. The zero-order valence-electron chi connectivity index (χ0n) is 10.0. The van der Waals surface area contributed by atoms with Gasteiger partial charge >= 0.3 is 0 Å². The van der Waals surface area contributed by atoms with Crippen molar-refractivity contribution in [2.75, 3.05) is 13.1 Å². The lowest BCUT2D eigenvalue weighted by Crippen LogP contribution is -2.36. The summed E-state index contributed by atoms with van der Waals surface area (Å²) in [6.45, 7) is 7.60. The van der Waals surface area contributed by atoms with Gasteiger partial charge < -0.3 is 5.32 Å². The normalized spacial score (nSPS) is 25.9. The molecule has 16 heavy (non-hydrogen) atoms. The number of hydrogen-bond donors (Lipinski definition) is 1. The molecule has 2 unspecified atom stereocenters.